The highest BCUT2D eigenvalue weighted by Crippen LogP contribution is 2.26. The molecule has 1 unspecified atom stereocenters. The molecule has 5 heteroatoms. The molecule has 0 aliphatic carbocycles. The molecule has 21 heavy (non-hydrogen) atoms. The summed E-state index contributed by atoms with van der Waals surface area (Å²) < 4.78 is 5.34. The lowest BCUT2D eigenvalue weighted by atomic mass is 10.0. The quantitative estimate of drug-likeness (QED) is 0.869. The van der Waals surface area contributed by atoms with Gasteiger partial charge in [0.05, 0.1) is 18.8 Å². The molecule has 1 fully saturated rings. The number of anilines is 1. The van der Waals surface area contributed by atoms with Crippen LogP contribution in [0, 0.1) is 0 Å². The zero-order valence-corrected chi connectivity index (χ0v) is 13.1. The van der Waals surface area contributed by atoms with Gasteiger partial charge in [-0.05, 0) is 51.2 Å². The number of ether oxygens (including phenoxy) is 1. The van der Waals surface area contributed by atoms with Crippen LogP contribution in [0.15, 0.2) is 18.2 Å². The lowest BCUT2D eigenvalue weighted by Crippen LogP contribution is -2.43. The number of nitrogens with one attached hydrogen (secondary N) is 2. The number of carbonyl (C=O) groups excluding carboxylic acids is 1. The fourth-order valence-corrected chi connectivity index (χ4v) is 2.61. The van der Waals surface area contributed by atoms with E-state index in [1.54, 1.807) is 7.11 Å². The smallest absolute Gasteiger partial charge is 0.241 e. The van der Waals surface area contributed by atoms with Crippen LogP contribution in [0.4, 0.5) is 5.69 Å². The van der Waals surface area contributed by atoms with Gasteiger partial charge >= 0.3 is 0 Å². The summed E-state index contributed by atoms with van der Waals surface area (Å²) in [6.45, 7) is 1.74. The van der Waals surface area contributed by atoms with Gasteiger partial charge in [-0.1, -0.05) is 12.5 Å². The number of rotatable bonds is 5. The molecule has 0 aromatic heterocycles. The molecule has 1 aromatic rings. The van der Waals surface area contributed by atoms with E-state index in [9.17, 15) is 4.79 Å². The van der Waals surface area contributed by atoms with Crippen molar-refractivity contribution in [3.63, 3.8) is 0 Å². The van der Waals surface area contributed by atoms with Gasteiger partial charge in [-0.25, -0.2) is 0 Å². The van der Waals surface area contributed by atoms with Crippen LogP contribution in [0.2, 0.25) is 0 Å². The van der Waals surface area contributed by atoms with Crippen LogP contribution in [-0.2, 0) is 11.3 Å². The predicted octanol–water partition coefficient (Wildman–Crippen LogP) is 1.84. The number of benzene rings is 1. The highest BCUT2D eigenvalue weighted by Gasteiger charge is 2.21. The Morgan fingerprint density at radius 2 is 2.24 bits per heavy atom. The minimum absolute atomic E-state index is 0.0232. The summed E-state index contributed by atoms with van der Waals surface area (Å²) in [6.07, 6.45) is 3.14. The first kappa shape index (κ1) is 15.8. The second-order valence-corrected chi connectivity index (χ2v) is 5.76. The van der Waals surface area contributed by atoms with Gasteiger partial charge in [0.2, 0.25) is 5.91 Å². The summed E-state index contributed by atoms with van der Waals surface area (Å²) in [4.78, 5) is 14.4. The summed E-state index contributed by atoms with van der Waals surface area (Å²) in [5.74, 6) is 0.719. The normalized spacial score (nSPS) is 18.6. The average molecular weight is 291 g/mol. The minimum atomic E-state index is -0.0963. The molecule has 0 bridgehead atoms. The Bertz CT molecular complexity index is 482. The van der Waals surface area contributed by atoms with Crippen molar-refractivity contribution in [2.75, 3.05) is 33.1 Å². The largest absolute Gasteiger partial charge is 0.495 e. The van der Waals surface area contributed by atoms with Gasteiger partial charge in [0.1, 0.15) is 5.75 Å². The van der Waals surface area contributed by atoms with Crippen molar-refractivity contribution in [3.8, 4) is 5.75 Å². The molecule has 2 rings (SSSR count). The van der Waals surface area contributed by atoms with Crippen LogP contribution >= 0.6 is 0 Å². The Morgan fingerprint density at radius 3 is 2.86 bits per heavy atom. The average Bonchev–Trinajstić information content (AvgIpc) is 2.48. The molecule has 116 valence electrons. The monoisotopic (exact) mass is 291 g/mol. The van der Waals surface area contributed by atoms with E-state index < -0.39 is 0 Å². The summed E-state index contributed by atoms with van der Waals surface area (Å²) in [6, 6.07) is 5.82. The Balaban J connectivity index is 2.10. The summed E-state index contributed by atoms with van der Waals surface area (Å²) in [5, 5.41) is 6.26. The highest BCUT2D eigenvalue weighted by molar-refractivity contribution is 5.96. The molecule has 2 N–H and O–H groups in total. The van der Waals surface area contributed by atoms with E-state index in [1.165, 1.54) is 0 Å². The van der Waals surface area contributed by atoms with Crippen molar-refractivity contribution in [3.05, 3.63) is 23.8 Å². The van der Waals surface area contributed by atoms with Crippen LogP contribution in [0.5, 0.6) is 5.75 Å². The van der Waals surface area contributed by atoms with E-state index in [0.717, 1.165) is 43.6 Å². The van der Waals surface area contributed by atoms with Crippen molar-refractivity contribution < 1.29 is 9.53 Å². The van der Waals surface area contributed by atoms with Gasteiger partial charge in [-0.15, -0.1) is 0 Å². The fourth-order valence-electron chi connectivity index (χ4n) is 2.61. The van der Waals surface area contributed by atoms with Gasteiger partial charge in [0.25, 0.3) is 0 Å². The number of carbonyl (C=O) groups is 1. The molecule has 5 nitrogen and oxygen atoms in total. The SMILES string of the molecule is COc1ccc(CN(C)C)cc1NC(=O)C1CCCCN1. The topological polar surface area (TPSA) is 53.6 Å². The van der Waals surface area contributed by atoms with Gasteiger partial charge < -0.3 is 20.3 Å². The Hall–Kier alpha value is -1.59. The van der Waals surface area contributed by atoms with Crippen molar-refractivity contribution in [1.82, 2.24) is 10.2 Å². The number of hydrogen-bond acceptors (Lipinski definition) is 4. The first-order chi connectivity index (χ1) is 10.1. The standard InChI is InChI=1S/C16H25N3O2/c1-19(2)11-12-7-8-15(21-3)14(10-12)18-16(20)13-6-4-5-9-17-13/h7-8,10,13,17H,4-6,9,11H2,1-3H3,(H,18,20). The van der Waals surface area contributed by atoms with E-state index in [-0.39, 0.29) is 11.9 Å². The Labute approximate surface area is 126 Å². The van der Waals surface area contributed by atoms with Crippen LogP contribution in [-0.4, -0.2) is 44.6 Å². The summed E-state index contributed by atoms with van der Waals surface area (Å²) >= 11 is 0. The van der Waals surface area contributed by atoms with Gasteiger partial charge in [0.15, 0.2) is 0 Å². The molecule has 1 aromatic carbocycles. The maximum absolute atomic E-state index is 12.3. The van der Waals surface area contributed by atoms with Crippen LogP contribution in [0.25, 0.3) is 0 Å². The molecule has 1 amide bonds. The fraction of sp³-hybridized carbons (Fsp3) is 0.562. The maximum atomic E-state index is 12.3. The summed E-state index contributed by atoms with van der Waals surface area (Å²) in [7, 11) is 5.67. The number of hydrogen-bond donors (Lipinski definition) is 2. The van der Waals surface area contributed by atoms with Crippen molar-refractivity contribution >= 4 is 11.6 Å². The first-order valence-corrected chi connectivity index (χ1v) is 7.46. The van der Waals surface area contributed by atoms with Crippen LogP contribution < -0.4 is 15.4 Å². The van der Waals surface area contributed by atoms with Crippen LogP contribution in [0.1, 0.15) is 24.8 Å². The van der Waals surface area contributed by atoms with Crippen LogP contribution in [0.3, 0.4) is 0 Å². The number of piperidine rings is 1. The molecular formula is C16H25N3O2. The van der Waals surface area contributed by atoms with Gasteiger partial charge in [0, 0.05) is 6.54 Å². The second kappa shape index (κ2) is 7.43. The molecule has 1 aliphatic heterocycles. The molecule has 0 spiro atoms. The third-order valence-corrected chi connectivity index (χ3v) is 3.65. The molecule has 1 aliphatic rings. The molecular weight excluding hydrogens is 266 g/mol. The van der Waals surface area contributed by atoms with Crippen molar-refractivity contribution in [1.29, 1.82) is 0 Å². The van der Waals surface area contributed by atoms with E-state index >= 15 is 0 Å². The van der Waals surface area contributed by atoms with Gasteiger partial charge in [-0.3, -0.25) is 4.79 Å². The van der Waals surface area contributed by atoms with Crippen molar-refractivity contribution in [2.45, 2.75) is 31.8 Å². The minimum Gasteiger partial charge on any atom is -0.495 e. The number of methoxy groups -OCH3 is 1. The molecule has 1 saturated heterocycles. The predicted molar refractivity (Wildman–Crippen MR) is 84.7 cm³/mol. The number of nitrogens with zero attached hydrogens (tertiary/aromatic N) is 1. The molecule has 0 radical (unpaired) electrons. The zero-order valence-electron chi connectivity index (χ0n) is 13.1. The lowest BCUT2D eigenvalue weighted by Gasteiger charge is -2.23. The third-order valence-electron chi connectivity index (χ3n) is 3.65. The van der Waals surface area contributed by atoms with E-state index in [4.69, 9.17) is 4.74 Å². The lowest BCUT2D eigenvalue weighted by molar-refractivity contribution is -0.118. The first-order valence-electron chi connectivity index (χ1n) is 7.46. The van der Waals surface area contributed by atoms with E-state index in [2.05, 4.69) is 15.5 Å². The molecule has 0 saturated carbocycles. The Kier molecular flexibility index (Phi) is 5.59. The number of amides is 1. The van der Waals surface area contributed by atoms with Gasteiger partial charge in [-0.2, -0.15) is 0 Å². The highest BCUT2D eigenvalue weighted by atomic mass is 16.5. The molecule has 1 atom stereocenters. The Morgan fingerprint density at radius 1 is 1.43 bits per heavy atom. The zero-order chi connectivity index (χ0) is 15.2. The molecule has 1 heterocycles. The van der Waals surface area contributed by atoms with E-state index in [0.29, 0.717) is 5.75 Å². The third kappa shape index (κ3) is 4.44. The second-order valence-electron chi connectivity index (χ2n) is 5.76. The van der Waals surface area contributed by atoms with Crippen molar-refractivity contribution in [2.24, 2.45) is 0 Å². The van der Waals surface area contributed by atoms with E-state index in [1.807, 2.05) is 32.3 Å². The summed E-state index contributed by atoms with van der Waals surface area (Å²) in [5.41, 5.74) is 1.89. The maximum Gasteiger partial charge on any atom is 0.241 e.